The summed E-state index contributed by atoms with van der Waals surface area (Å²) in [7, 11) is 0. The van der Waals surface area contributed by atoms with E-state index in [4.69, 9.17) is 0 Å². The predicted molar refractivity (Wildman–Crippen MR) is 78.9 cm³/mol. The van der Waals surface area contributed by atoms with E-state index in [0.717, 1.165) is 12.8 Å². The van der Waals surface area contributed by atoms with Crippen molar-refractivity contribution in [2.75, 3.05) is 12.3 Å². The Morgan fingerprint density at radius 1 is 1.33 bits per heavy atom. The lowest BCUT2D eigenvalue weighted by molar-refractivity contribution is -0.141. The van der Waals surface area contributed by atoms with E-state index < -0.39 is 18.0 Å². The molecule has 0 aromatic heterocycles. The molecule has 2 fully saturated rings. The average Bonchev–Trinajstić information content (AvgIpc) is 3.13. The lowest BCUT2D eigenvalue weighted by atomic mass is 10.2. The number of rotatable bonds is 5. The summed E-state index contributed by atoms with van der Waals surface area (Å²) in [6, 6.07) is -1.28. The SMILES string of the molecule is CC(C)NC(=O)CNC(=O)N1C(C(=O)O)CSC1C1CC1. The van der Waals surface area contributed by atoms with Crippen molar-refractivity contribution in [3.8, 4) is 0 Å². The molecule has 1 heterocycles. The third-order valence-electron chi connectivity index (χ3n) is 3.43. The smallest absolute Gasteiger partial charge is 0.327 e. The van der Waals surface area contributed by atoms with Crippen LogP contribution >= 0.6 is 11.8 Å². The van der Waals surface area contributed by atoms with Gasteiger partial charge in [0.2, 0.25) is 5.91 Å². The molecule has 7 nitrogen and oxygen atoms in total. The van der Waals surface area contributed by atoms with Crippen LogP contribution < -0.4 is 10.6 Å². The normalized spacial score (nSPS) is 25.0. The van der Waals surface area contributed by atoms with E-state index >= 15 is 0 Å². The fourth-order valence-electron chi connectivity index (χ4n) is 2.34. The van der Waals surface area contributed by atoms with Crippen LogP contribution in [0.5, 0.6) is 0 Å². The van der Waals surface area contributed by atoms with Crippen molar-refractivity contribution in [3.05, 3.63) is 0 Å². The van der Waals surface area contributed by atoms with Crippen LogP contribution in [0.2, 0.25) is 0 Å². The molecule has 0 radical (unpaired) electrons. The fourth-order valence-corrected chi connectivity index (χ4v) is 3.97. The Morgan fingerprint density at radius 2 is 2.00 bits per heavy atom. The van der Waals surface area contributed by atoms with Gasteiger partial charge in [0, 0.05) is 11.8 Å². The summed E-state index contributed by atoms with van der Waals surface area (Å²) in [6.45, 7) is 3.53. The van der Waals surface area contributed by atoms with Gasteiger partial charge in [-0.3, -0.25) is 9.69 Å². The molecule has 8 heteroatoms. The number of nitrogens with one attached hydrogen (secondary N) is 2. The standard InChI is InChI=1S/C13H21N3O4S/c1-7(2)15-10(17)5-14-13(20)16-9(12(18)19)6-21-11(16)8-3-4-8/h7-9,11H,3-6H2,1-2H3,(H,14,20)(H,15,17)(H,18,19). The minimum absolute atomic E-state index is 0.00252. The number of urea groups is 1. The molecule has 0 spiro atoms. The topological polar surface area (TPSA) is 98.7 Å². The molecule has 2 unspecified atom stereocenters. The summed E-state index contributed by atoms with van der Waals surface area (Å²) < 4.78 is 0. The first-order valence-corrected chi connectivity index (χ1v) is 8.15. The van der Waals surface area contributed by atoms with Gasteiger partial charge in [0.05, 0.1) is 11.9 Å². The Morgan fingerprint density at radius 3 is 2.52 bits per heavy atom. The fraction of sp³-hybridized carbons (Fsp3) is 0.769. The van der Waals surface area contributed by atoms with E-state index in [1.807, 2.05) is 13.8 Å². The van der Waals surface area contributed by atoms with Crippen LogP contribution in [0.15, 0.2) is 0 Å². The molecular formula is C13H21N3O4S. The quantitative estimate of drug-likeness (QED) is 0.684. The van der Waals surface area contributed by atoms with E-state index in [2.05, 4.69) is 10.6 Å². The third kappa shape index (κ3) is 4.03. The van der Waals surface area contributed by atoms with Gasteiger partial charge >= 0.3 is 12.0 Å². The van der Waals surface area contributed by atoms with Crippen LogP contribution in [-0.2, 0) is 9.59 Å². The van der Waals surface area contributed by atoms with E-state index in [-0.39, 0.29) is 23.9 Å². The second-order valence-electron chi connectivity index (χ2n) is 5.70. The minimum Gasteiger partial charge on any atom is -0.480 e. The van der Waals surface area contributed by atoms with Gasteiger partial charge in [0.25, 0.3) is 0 Å². The van der Waals surface area contributed by atoms with E-state index in [1.54, 1.807) is 0 Å². The first kappa shape index (κ1) is 15.9. The number of hydrogen-bond acceptors (Lipinski definition) is 4. The van der Waals surface area contributed by atoms with Crippen LogP contribution in [-0.4, -0.2) is 57.7 Å². The number of nitrogens with zero attached hydrogens (tertiary/aromatic N) is 1. The lowest BCUT2D eigenvalue weighted by Crippen LogP contribution is -2.52. The zero-order valence-corrected chi connectivity index (χ0v) is 13.0. The Labute approximate surface area is 127 Å². The second-order valence-corrected chi connectivity index (χ2v) is 6.85. The maximum atomic E-state index is 12.3. The van der Waals surface area contributed by atoms with E-state index in [9.17, 15) is 19.5 Å². The van der Waals surface area contributed by atoms with Gasteiger partial charge in [-0.15, -0.1) is 11.8 Å². The molecular weight excluding hydrogens is 294 g/mol. The molecule has 1 aliphatic carbocycles. The first-order chi connectivity index (χ1) is 9.90. The Bertz CT molecular complexity index is 439. The highest BCUT2D eigenvalue weighted by Gasteiger charge is 2.48. The van der Waals surface area contributed by atoms with E-state index in [0.29, 0.717) is 11.7 Å². The molecule has 0 aromatic carbocycles. The molecule has 2 aliphatic rings. The van der Waals surface area contributed by atoms with Crippen LogP contribution in [0.1, 0.15) is 26.7 Å². The van der Waals surface area contributed by atoms with Gasteiger partial charge in [0.1, 0.15) is 6.04 Å². The van der Waals surface area contributed by atoms with Crippen molar-refractivity contribution >= 4 is 29.7 Å². The highest BCUT2D eigenvalue weighted by atomic mass is 32.2. The summed E-state index contributed by atoms with van der Waals surface area (Å²) >= 11 is 1.51. The van der Waals surface area contributed by atoms with Crippen molar-refractivity contribution < 1.29 is 19.5 Å². The van der Waals surface area contributed by atoms with Crippen LogP contribution in [0.25, 0.3) is 0 Å². The summed E-state index contributed by atoms with van der Waals surface area (Å²) in [5.74, 6) is -0.482. The van der Waals surface area contributed by atoms with Crippen LogP contribution in [0.3, 0.4) is 0 Å². The number of carboxylic acid groups (broad SMARTS) is 1. The highest BCUT2D eigenvalue weighted by Crippen LogP contribution is 2.45. The minimum atomic E-state index is -0.993. The predicted octanol–water partition coefficient (Wildman–Crippen LogP) is 0.459. The van der Waals surface area contributed by atoms with Crippen molar-refractivity contribution in [1.82, 2.24) is 15.5 Å². The maximum Gasteiger partial charge on any atom is 0.327 e. The van der Waals surface area contributed by atoms with Gasteiger partial charge in [0.15, 0.2) is 0 Å². The number of carbonyl (C=O) groups excluding carboxylic acids is 2. The molecule has 118 valence electrons. The molecule has 0 bridgehead atoms. The maximum absolute atomic E-state index is 12.3. The summed E-state index contributed by atoms with van der Waals surface area (Å²) in [6.07, 6.45) is 2.06. The Balaban J connectivity index is 1.93. The highest BCUT2D eigenvalue weighted by molar-refractivity contribution is 8.00. The first-order valence-electron chi connectivity index (χ1n) is 7.10. The molecule has 1 aliphatic heterocycles. The van der Waals surface area contributed by atoms with Crippen molar-refractivity contribution in [3.63, 3.8) is 0 Å². The number of aliphatic carboxylic acids is 1. The third-order valence-corrected chi connectivity index (χ3v) is 4.89. The monoisotopic (exact) mass is 315 g/mol. The van der Waals surface area contributed by atoms with Gasteiger partial charge < -0.3 is 15.7 Å². The zero-order valence-electron chi connectivity index (χ0n) is 12.2. The molecule has 1 saturated heterocycles. The number of carbonyl (C=O) groups is 3. The molecule has 2 atom stereocenters. The zero-order chi connectivity index (χ0) is 15.6. The average molecular weight is 315 g/mol. The van der Waals surface area contributed by atoms with Gasteiger partial charge in [-0.05, 0) is 32.6 Å². The number of thioether (sulfide) groups is 1. The largest absolute Gasteiger partial charge is 0.480 e. The lowest BCUT2D eigenvalue weighted by Gasteiger charge is -2.27. The van der Waals surface area contributed by atoms with Crippen molar-refractivity contribution in [2.24, 2.45) is 5.92 Å². The molecule has 2 rings (SSSR count). The van der Waals surface area contributed by atoms with Gasteiger partial charge in [-0.2, -0.15) is 0 Å². The Hall–Kier alpha value is -1.44. The van der Waals surface area contributed by atoms with Crippen LogP contribution in [0.4, 0.5) is 4.79 Å². The molecule has 3 N–H and O–H groups in total. The molecule has 3 amide bonds. The van der Waals surface area contributed by atoms with Crippen LogP contribution in [0, 0.1) is 5.92 Å². The molecule has 1 saturated carbocycles. The summed E-state index contributed by atoms with van der Waals surface area (Å²) in [5.41, 5.74) is 0. The molecule has 0 aromatic rings. The van der Waals surface area contributed by atoms with Crippen molar-refractivity contribution in [2.45, 2.75) is 44.1 Å². The number of carboxylic acids is 1. The van der Waals surface area contributed by atoms with E-state index in [1.165, 1.54) is 16.7 Å². The van der Waals surface area contributed by atoms with Gasteiger partial charge in [-0.25, -0.2) is 9.59 Å². The summed E-state index contributed by atoms with van der Waals surface area (Å²) in [4.78, 5) is 36.5. The van der Waals surface area contributed by atoms with Gasteiger partial charge in [-0.1, -0.05) is 0 Å². The summed E-state index contributed by atoms with van der Waals surface area (Å²) in [5, 5.41) is 14.4. The molecule has 21 heavy (non-hydrogen) atoms. The number of amides is 3. The number of hydrogen-bond donors (Lipinski definition) is 3. The second kappa shape index (κ2) is 6.55. The van der Waals surface area contributed by atoms with Crippen molar-refractivity contribution in [1.29, 1.82) is 0 Å². The Kier molecular flexibility index (Phi) is 4.97.